The second-order valence-corrected chi connectivity index (χ2v) is 5.70. The highest BCUT2D eigenvalue weighted by Crippen LogP contribution is 2.18. The molecule has 0 spiro atoms. The smallest absolute Gasteiger partial charge is 0.257 e. The van der Waals surface area contributed by atoms with Crippen molar-refractivity contribution in [2.24, 2.45) is 4.99 Å². The average molecular weight is 487 g/mol. The van der Waals surface area contributed by atoms with E-state index in [-0.39, 0.29) is 24.0 Å². The summed E-state index contributed by atoms with van der Waals surface area (Å²) >= 11 is 0. The highest BCUT2D eigenvalue weighted by atomic mass is 127. The van der Waals surface area contributed by atoms with Crippen molar-refractivity contribution in [3.8, 4) is 11.5 Å². The zero-order valence-electron chi connectivity index (χ0n) is 16.3. The Morgan fingerprint density at radius 1 is 1.15 bits per heavy atom. The third-order valence-corrected chi connectivity index (χ3v) is 3.75. The standard InChI is InChI=1S/C19H29N5O2.HI/c1-4-17-23-18(26-24-17)16-9-7-15(8-10-16)11-12-21-19(20-5-2)22-13-14-25-6-3;/h7-10H,4-6,11-14H2,1-3H3,(H2,20,21,22);1H. The monoisotopic (exact) mass is 487 g/mol. The minimum absolute atomic E-state index is 0. The lowest BCUT2D eigenvalue weighted by molar-refractivity contribution is 0.155. The Morgan fingerprint density at radius 2 is 1.93 bits per heavy atom. The fourth-order valence-corrected chi connectivity index (χ4v) is 2.36. The number of rotatable bonds is 10. The minimum Gasteiger partial charge on any atom is -0.380 e. The van der Waals surface area contributed by atoms with Gasteiger partial charge in [-0.15, -0.1) is 24.0 Å². The highest BCUT2D eigenvalue weighted by molar-refractivity contribution is 14.0. The molecule has 0 fully saturated rings. The molecule has 0 saturated heterocycles. The summed E-state index contributed by atoms with van der Waals surface area (Å²) in [6.07, 6.45) is 1.67. The lowest BCUT2D eigenvalue weighted by atomic mass is 10.1. The van der Waals surface area contributed by atoms with Gasteiger partial charge in [-0.1, -0.05) is 24.2 Å². The molecule has 0 unspecified atom stereocenters. The van der Waals surface area contributed by atoms with Crippen LogP contribution in [0.2, 0.25) is 0 Å². The number of benzene rings is 1. The summed E-state index contributed by atoms with van der Waals surface area (Å²) in [6, 6.07) is 8.21. The first-order valence-electron chi connectivity index (χ1n) is 9.28. The van der Waals surface area contributed by atoms with Crippen LogP contribution in [0.1, 0.15) is 32.2 Å². The van der Waals surface area contributed by atoms with Crippen molar-refractivity contribution in [1.29, 1.82) is 0 Å². The molecule has 8 heteroatoms. The number of halogens is 1. The summed E-state index contributed by atoms with van der Waals surface area (Å²) in [5.41, 5.74) is 2.18. The van der Waals surface area contributed by atoms with Crippen LogP contribution in [0.15, 0.2) is 33.8 Å². The van der Waals surface area contributed by atoms with E-state index in [1.54, 1.807) is 0 Å². The SMILES string of the molecule is CCNC(=NCCOCC)NCCc1ccc(-c2nc(CC)no2)cc1.I. The number of aliphatic imine (C=N–C) groups is 1. The average Bonchev–Trinajstić information content (AvgIpc) is 3.15. The zero-order chi connectivity index (χ0) is 18.6. The van der Waals surface area contributed by atoms with Crippen molar-refractivity contribution in [1.82, 2.24) is 20.8 Å². The van der Waals surface area contributed by atoms with Gasteiger partial charge in [0, 0.05) is 31.7 Å². The molecule has 2 aromatic rings. The van der Waals surface area contributed by atoms with Crippen molar-refractivity contribution < 1.29 is 9.26 Å². The van der Waals surface area contributed by atoms with Crippen LogP contribution >= 0.6 is 24.0 Å². The van der Waals surface area contributed by atoms with Gasteiger partial charge in [-0.3, -0.25) is 4.99 Å². The van der Waals surface area contributed by atoms with Gasteiger partial charge in [0.15, 0.2) is 11.8 Å². The van der Waals surface area contributed by atoms with E-state index in [1.165, 1.54) is 5.56 Å². The number of ether oxygens (including phenoxy) is 1. The summed E-state index contributed by atoms with van der Waals surface area (Å²) in [5.74, 6) is 2.12. The molecule has 0 radical (unpaired) electrons. The Morgan fingerprint density at radius 3 is 2.56 bits per heavy atom. The molecule has 0 atom stereocenters. The topological polar surface area (TPSA) is 84.6 Å². The number of aryl methyl sites for hydroxylation is 1. The molecule has 2 N–H and O–H groups in total. The van der Waals surface area contributed by atoms with E-state index in [9.17, 15) is 0 Å². The molecule has 150 valence electrons. The van der Waals surface area contributed by atoms with Crippen molar-refractivity contribution in [2.75, 3.05) is 32.8 Å². The summed E-state index contributed by atoms with van der Waals surface area (Å²) in [6.45, 7) is 9.70. The molecule has 7 nitrogen and oxygen atoms in total. The van der Waals surface area contributed by atoms with Crippen LogP contribution in [0.5, 0.6) is 0 Å². The second kappa shape index (κ2) is 13.5. The number of hydrogen-bond acceptors (Lipinski definition) is 5. The first-order valence-corrected chi connectivity index (χ1v) is 9.28. The van der Waals surface area contributed by atoms with Crippen molar-refractivity contribution in [2.45, 2.75) is 33.6 Å². The van der Waals surface area contributed by atoms with Gasteiger partial charge in [0.05, 0.1) is 13.2 Å². The Labute approximate surface area is 178 Å². The van der Waals surface area contributed by atoms with Crippen molar-refractivity contribution in [3.63, 3.8) is 0 Å². The number of nitrogens with one attached hydrogen (secondary N) is 2. The third-order valence-electron chi connectivity index (χ3n) is 3.75. The number of hydrogen-bond donors (Lipinski definition) is 2. The van der Waals surface area contributed by atoms with Crippen molar-refractivity contribution in [3.05, 3.63) is 35.7 Å². The van der Waals surface area contributed by atoms with Crippen LogP contribution in [0, 0.1) is 0 Å². The van der Waals surface area contributed by atoms with E-state index in [0.717, 1.165) is 49.9 Å². The first-order chi connectivity index (χ1) is 12.8. The molecule has 0 saturated carbocycles. The molecule has 1 aromatic heterocycles. The maximum Gasteiger partial charge on any atom is 0.257 e. The number of nitrogens with zero attached hydrogens (tertiary/aromatic N) is 3. The molecule has 0 aliphatic rings. The minimum atomic E-state index is 0. The Hall–Kier alpha value is -1.68. The maximum absolute atomic E-state index is 5.31. The van der Waals surface area contributed by atoms with Crippen LogP contribution in [0.4, 0.5) is 0 Å². The zero-order valence-corrected chi connectivity index (χ0v) is 18.7. The van der Waals surface area contributed by atoms with Crippen LogP contribution in [0.25, 0.3) is 11.5 Å². The summed E-state index contributed by atoms with van der Waals surface area (Å²) in [7, 11) is 0. The normalized spacial score (nSPS) is 11.1. The number of guanidine groups is 1. The van der Waals surface area contributed by atoms with Gasteiger partial charge in [-0.25, -0.2) is 0 Å². The molecule has 1 aromatic carbocycles. The summed E-state index contributed by atoms with van der Waals surface area (Å²) < 4.78 is 10.6. The second-order valence-electron chi connectivity index (χ2n) is 5.70. The quantitative estimate of drug-likeness (QED) is 0.232. The Balaban J connectivity index is 0.00000364. The maximum atomic E-state index is 5.31. The van der Waals surface area contributed by atoms with Crippen LogP contribution < -0.4 is 10.6 Å². The Kier molecular flexibility index (Phi) is 11.7. The summed E-state index contributed by atoms with van der Waals surface area (Å²) in [5, 5.41) is 10.5. The van der Waals surface area contributed by atoms with E-state index in [2.05, 4.69) is 44.8 Å². The van der Waals surface area contributed by atoms with Gasteiger partial charge in [0.1, 0.15) is 0 Å². The van der Waals surface area contributed by atoms with E-state index in [0.29, 0.717) is 19.0 Å². The molecule has 0 amide bonds. The molecule has 1 heterocycles. The van der Waals surface area contributed by atoms with Gasteiger partial charge in [0.2, 0.25) is 0 Å². The van der Waals surface area contributed by atoms with Gasteiger partial charge >= 0.3 is 0 Å². The van der Waals surface area contributed by atoms with Gasteiger partial charge in [-0.05, 0) is 38.0 Å². The predicted octanol–water partition coefficient (Wildman–Crippen LogP) is 3.05. The van der Waals surface area contributed by atoms with Crippen LogP contribution in [0.3, 0.4) is 0 Å². The Bertz CT molecular complexity index is 673. The lowest BCUT2D eigenvalue weighted by Crippen LogP contribution is -2.38. The van der Waals surface area contributed by atoms with E-state index in [1.807, 2.05) is 26.0 Å². The molecule has 0 bridgehead atoms. The largest absolute Gasteiger partial charge is 0.380 e. The highest BCUT2D eigenvalue weighted by Gasteiger charge is 2.07. The molecule has 2 rings (SSSR count). The number of aromatic nitrogens is 2. The van der Waals surface area contributed by atoms with Gasteiger partial charge in [0.25, 0.3) is 5.89 Å². The van der Waals surface area contributed by atoms with Gasteiger partial charge < -0.3 is 19.9 Å². The fraction of sp³-hybridized carbons (Fsp3) is 0.526. The first kappa shape index (κ1) is 23.4. The van der Waals surface area contributed by atoms with E-state index in [4.69, 9.17) is 9.26 Å². The third kappa shape index (κ3) is 8.25. The van der Waals surface area contributed by atoms with Crippen molar-refractivity contribution >= 4 is 29.9 Å². The molecule has 0 aliphatic heterocycles. The van der Waals surface area contributed by atoms with E-state index >= 15 is 0 Å². The fourth-order valence-electron chi connectivity index (χ4n) is 2.36. The van der Waals surface area contributed by atoms with Crippen LogP contribution in [-0.4, -0.2) is 48.9 Å². The molecule has 27 heavy (non-hydrogen) atoms. The molecular formula is C19H30IN5O2. The molecular weight excluding hydrogens is 457 g/mol. The molecule has 0 aliphatic carbocycles. The van der Waals surface area contributed by atoms with Gasteiger partial charge in [-0.2, -0.15) is 4.98 Å². The lowest BCUT2D eigenvalue weighted by Gasteiger charge is -2.11. The summed E-state index contributed by atoms with van der Waals surface area (Å²) in [4.78, 5) is 8.84. The predicted molar refractivity (Wildman–Crippen MR) is 119 cm³/mol. The van der Waals surface area contributed by atoms with Crippen LogP contribution in [-0.2, 0) is 17.6 Å². The van der Waals surface area contributed by atoms with E-state index < -0.39 is 0 Å².